The third-order valence-electron chi connectivity index (χ3n) is 13.2. The number of amides is 6. The lowest BCUT2D eigenvalue weighted by atomic mass is 9.83. The molecule has 10 atom stereocenters. The first-order valence-electron chi connectivity index (χ1n) is 23.4. The van der Waals surface area contributed by atoms with E-state index in [0.29, 0.717) is 56.0 Å². The summed E-state index contributed by atoms with van der Waals surface area (Å²) in [6.07, 6.45) is 4.05. The normalized spacial score (nSPS) is 26.3. The van der Waals surface area contributed by atoms with Crippen molar-refractivity contribution in [3.63, 3.8) is 0 Å². The number of nitrogens with zero attached hydrogens (tertiary/aromatic N) is 5. The average molecular weight is 970 g/mol. The van der Waals surface area contributed by atoms with Crippen molar-refractivity contribution >= 4 is 59.0 Å². The smallest absolute Gasteiger partial charge is 0.246 e. The van der Waals surface area contributed by atoms with Gasteiger partial charge < -0.3 is 51.2 Å². The summed E-state index contributed by atoms with van der Waals surface area (Å²) in [5.41, 5.74) is 0.426. The lowest BCUT2D eigenvalue weighted by Gasteiger charge is -2.35. The number of nitrogens with one attached hydrogen (secondary N) is 6. The first-order valence-corrected chi connectivity index (χ1v) is 25.5. The molecule has 0 bridgehead atoms. The zero-order chi connectivity index (χ0) is 48.6. The number of carbonyl (C=O) groups excluding carboxylic acids is 6. The molecule has 4 aliphatic rings. The molecule has 0 saturated carbocycles. The van der Waals surface area contributed by atoms with Crippen molar-refractivity contribution < 1.29 is 38.2 Å². The predicted octanol–water partition coefficient (Wildman–Crippen LogP) is 1.54. The van der Waals surface area contributed by atoms with Gasteiger partial charge >= 0.3 is 0 Å². The number of carbonyl (C=O) groups is 6. The van der Waals surface area contributed by atoms with Crippen LogP contribution in [-0.4, -0.2) is 159 Å². The summed E-state index contributed by atoms with van der Waals surface area (Å²) in [4.78, 5) is 85.1. The number of benzene rings is 1. The molecular formula is C46H71N11O8S2. The molecule has 5 heterocycles. The third kappa shape index (κ3) is 12.7. The summed E-state index contributed by atoms with van der Waals surface area (Å²) in [6, 6.07) is 4.86. The lowest BCUT2D eigenvalue weighted by Crippen LogP contribution is -2.58. The summed E-state index contributed by atoms with van der Waals surface area (Å²) in [5.74, 6) is -0.150. The van der Waals surface area contributed by atoms with Gasteiger partial charge in [0.15, 0.2) is 0 Å². The minimum atomic E-state index is -0.761. The molecule has 4 saturated heterocycles. The van der Waals surface area contributed by atoms with Gasteiger partial charge in [-0.2, -0.15) is 0 Å². The topological polar surface area (TPSA) is 230 Å². The predicted molar refractivity (Wildman–Crippen MR) is 256 cm³/mol. The van der Waals surface area contributed by atoms with Gasteiger partial charge in [0.1, 0.15) is 29.9 Å². The van der Waals surface area contributed by atoms with E-state index >= 15 is 0 Å². The molecule has 19 nitrogen and oxygen atoms in total. The van der Waals surface area contributed by atoms with Gasteiger partial charge in [-0.15, -0.1) is 28.6 Å². The molecule has 1 aromatic heterocycles. The molecule has 370 valence electrons. The zero-order valence-corrected chi connectivity index (χ0v) is 42.0. The highest BCUT2D eigenvalue weighted by atomic mass is 32.2. The van der Waals surface area contributed by atoms with Gasteiger partial charge in [-0.05, 0) is 88.4 Å². The molecule has 4 fully saturated rings. The van der Waals surface area contributed by atoms with E-state index in [4.69, 9.17) is 9.47 Å². The van der Waals surface area contributed by atoms with Crippen LogP contribution in [0.5, 0.6) is 0 Å². The van der Waals surface area contributed by atoms with E-state index in [-0.39, 0.29) is 72.1 Å². The molecule has 0 aliphatic carbocycles. The largest absolute Gasteiger partial charge is 0.377 e. The Morgan fingerprint density at radius 1 is 0.761 bits per heavy atom. The SMILES string of the molecule is CN[C@@H](C)C(=O)N[C@H]1CCS[C@H]2CC(C)(C)[C@@H](C(=O)N[C@@H](C)COCCn3cc(COC[C@@H](NC(=O)[C@H]4N5C(=O)[C@@H](NC(=O)[C@H](C)NC)CCS[C@H]5CC4(C)C)c4ccccc4)nn3)N2C1=O. The van der Waals surface area contributed by atoms with Gasteiger partial charge in [-0.1, -0.05) is 63.2 Å². The number of aromatic nitrogens is 3. The van der Waals surface area contributed by atoms with Crippen LogP contribution in [0.2, 0.25) is 0 Å². The summed E-state index contributed by atoms with van der Waals surface area (Å²) in [6.45, 7) is 14.6. The molecule has 1 aromatic carbocycles. The van der Waals surface area contributed by atoms with Crippen LogP contribution in [0, 0.1) is 10.8 Å². The average Bonchev–Trinajstić information content (AvgIpc) is 3.88. The second kappa shape index (κ2) is 22.9. The maximum atomic E-state index is 14.4. The van der Waals surface area contributed by atoms with Crippen molar-refractivity contribution in [2.24, 2.45) is 10.8 Å². The Morgan fingerprint density at radius 3 is 1.81 bits per heavy atom. The minimum absolute atomic E-state index is 0.131. The number of rotatable bonds is 20. The number of ether oxygens (including phenoxy) is 2. The van der Waals surface area contributed by atoms with E-state index in [2.05, 4.69) is 42.2 Å². The summed E-state index contributed by atoms with van der Waals surface area (Å²) < 4.78 is 13.8. The molecule has 21 heteroatoms. The van der Waals surface area contributed by atoms with Crippen LogP contribution in [0.15, 0.2) is 36.5 Å². The Hall–Kier alpha value is -4.28. The van der Waals surface area contributed by atoms with Gasteiger partial charge in [0.05, 0.1) is 68.0 Å². The van der Waals surface area contributed by atoms with E-state index < -0.39 is 53.1 Å². The van der Waals surface area contributed by atoms with E-state index in [1.165, 1.54) is 0 Å². The molecule has 0 unspecified atom stereocenters. The van der Waals surface area contributed by atoms with Crippen LogP contribution in [0.1, 0.15) is 91.4 Å². The van der Waals surface area contributed by atoms with Crippen molar-refractivity contribution in [1.82, 2.24) is 56.7 Å². The van der Waals surface area contributed by atoms with Gasteiger partial charge in [-0.25, -0.2) is 4.68 Å². The van der Waals surface area contributed by atoms with E-state index in [9.17, 15) is 28.8 Å². The molecular weight excluding hydrogens is 899 g/mol. The lowest BCUT2D eigenvalue weighted by molar-refractivity contribution is -0.144. The van der Waals surface area contributed by atoms with Crippen molar-refractivity contribution in [3.8, 4) is 0 Å². The van der Waals surface area contributed by atoms with E-state index in [1.807, 2.05) is 65.0 Å². The highest BCUT2D eigenvalue weighted by Crippen LogP contribution is 2.47. The molecule has 0 radical (unpaired) electrons. The Bertz CT molecular complexity index is 2060. The van der Waals surface area contributed by atoms with Gasteiger partial charge in [-0.3, -0.25) is 28.8 Å². The molecule has 0 spiro atoms. The van der Waals surface area contributed by atoms with Crippen molar-refractivity contribution in [3.05, 3.63) is 47.8 Å². The number of fused-ring (bicyclic) bond motifs is 2. The number of hydrogen-bond acceptors (Lipinski definition) is 14. The summed E-state index contributed by atoms with van der Waals surface area (Å²) in [7, 11) is 3.38. The first-order chi connectivity index (χ1) is 31.8. The monoisotopic (exact) mass is 969 g/mol. The standard InChI is InChI=1S/C46H71N11O8S2/c1-27(49-41(60)37-45(4,5)21-35-56(37)43(62)32(15-19-66-35)50-39(58)28(2)47-8)24-64-18-17-55-23-31(53-54-55)25-65-26-34(30-13-11-10-12-14-30)52-42(61)38-46(6,7)22-36-57(38)44(63)33(16-20-67-36)51-40(59)29(3)48-9/h10-14,23,27-29,32-38,47-48H,15-22,24-26H2,1-9H3,(H,49,60)(H,50,58)(H,51,59)(H,52,61)/t27-,28-,29-,32-,33-,34+,35-,36-,37+,38+/m0/s1. The van der Waals surface area contributed by atoms with Gasteiger partial charge in [0, 0.05) is 6.04 Å². The fourth-order valence-electron chi connectivity index (χ4n) is 9.29. The Balaban J connectivity index is 0.987. The Kier molecular flexibility index (Phi) is 17.8. The van der Waals surface area contributed by atoms with Crippen molar-refractivity contribution in [2.45, 2.75) is 146 Å². The van der Waals surface area contributed by atoms with Crippen LogP contribution in [0.4, 0.5) is 0 Å². The summed E-state index contributed by atoms with van der Waals surface area (Å²) in [5, 5.41) is 26.1. The van der Waals surface area contributed by atoms with Crippen LogP contribution in [-0.2, 0) is 51.4 Å². The highest BCUT2D eigenvalue weighted by Gasteiger charge is 2.56. The van der Waals surface area contributed by atoms with Gasteiger partial charge in [0.25, 0.3) is 0 Å². The second-order valence-electron chi connectivity index (χ2n) is 19.5. The second-order valence-corrected chi connectivity index (χ2v) is 22.1. The quantitative estimate of drug-likeness (QED) is 0.104. The molecule has 2 aromatic rings. The van der Waals surface area contributed by atoms with Crippen LogP contribution in [0.3, 0.4) is 0 Å². The van der Waals surface area contributed by atoms with E-state index in [1.54, 1.807) is 72.1 Å². The maximum absolute atomic E-state index is 14.4. The number of hydrogen-bond donors (Lipinski definition) is 6. The molecule has 67 heavy (non-hydrogen) atoms. The third-order valence-corrected chi connectivity index (χ3v) is 15.7. The molecule has 6 rings (SSSR count). The first kappa shape index (κ1) is 52.1. The van der Waals surface area contributed by atoms with Crippen LogP contribution >= 0.6 is 23.5 Å². The maximum Gasteiger partial charge on any atom is 0.246 e. The Labute approximate surface area is 402 Å². The van der Waals surface area contributed by atoms with Crippen molar-refractivity contribution in [2.75, 3.05) is 45.4 Å². The van der Waals surface area contributed by atoms with Crippen molar-refractivity contribution in [1.29, 1.82) is 0 Å². The Morgan fingerprint density at radius 2 is 1.28 bits per heavy atom. The molecule has 6 N–H and O–H groups in total. The number of likely N-dealkylation sites (N-methyl/N-ethyl adjacent to an activating group) is 2. The fourth-order valence-corrected chi connectivity index (χ4v) is 12.4. The van der Waals surface area contributed by atoms with Crippen LogP contribution in [0.25, 0.3) is 0 Å². The number of thioether (sulfide) groups is 2. The summed E-state index contributed by atoms with van der Waals surface area (Å²) >= 11 is 3.30. The highest BCUT2D eigenvalue weighted by molar-refractivity contribution is 8.00. The molecule has 4 aliphatic heterocycles. The zero-order valence-electron chi connectivity index (χ0n) is 40.3. The minimum Gasteiger partial charge on any atom is -0.377 e. The van der Waals surface area contributed by atoms with E-state index in [0.717, 1.165) is 5.56 Å². The van der Waals surface area contributed by atoms with Gasteiger partial charge in [0.2, 0.25) is 35.4 Å². The fraction of sp³-hybridized carbons (Fsp3) is 0.696. The van der Waals surface area contributed by atoms with Crippen LogP contribution < -0.4 is 31.9 Å². The molecule has 6 amide bonds.